The average Bonchev–Trinajstić information content (AvgIpc) is 2.40. The van der Waals surface area contributed by atoms with E-state index in [0.717, 1.165) is 19.3 Å². The quantitative estimate of drug-likeness (QED) is 0.704. The molecule has 0 bridgehead atoms. The number of likely N-dealkylation sites (tertiary alicyclic amines) is 1. The summed E-state index contributed by atoms with van der Waals surface area (Å²) in [5, 5.41) is 2.96. The molecule has 0 aromatic rings. The van der Waals surface area contributed by atoms with Crippen LogP contribution in [-0.2, 0) is 14.3 Å². The summed E-state index contributed by atoms with van der Waals surface area (Å²) in [6, 6.07) is -0.292. The molecule has 1 aliphatic rings. The molecule has 110 valence electrons. The first-order chi connectivity index (χ1) is 9.08. The van der Waals surface area contributed by atoms with Gasteiger partial charge in [0.15, 0.2) is 0 Å². The van der Waals surface area contributed by atoms with Crippen LogP contribution in [0.3, 0.4) is 0 Å². The Morgan fingerprint density at radius 3 is 2.58 bits per heavy atom. The number of piperidine rings is 1. The summed E-state index contributed by atoms with van der Waals surface area (Å²) >= 11 is 0. The molecule has 3 N–H and O–H groups in total. The van der Waals surface area contributed by atoms with E-state index >= 15 is 0 Å². The maximum atomic E-state index is 11.8. The maximum absolute atomic E-state index is 11.8. The molecule has 1 aliphatic heterocycles. The first-order valence-corrected chi connectivity index (χ1v) is 6.91. The van der Waals surface area contributed by atoms with Crippen molar-refractivity contribution in [2.45, 2.75) is 44.7 Å². The molecule has 1 fully saturated rings. The zero-order chi connectivity index (χ0) is 14.3. The number of amides is 2. The van der Waals surface area contributed by atoms with E-state index in [4.69, 9.17) is 10.5 Å². The van der Waals surface area contributed by atoms with E-state index in [0.29, 0.717) is 19.5 Å². The van der Waals surface area contributed by atoms with Gasteiger partial charge in [-0.3, -0.25) is 9.59 Å². The minimum atomic E-state index is -0.418. The van der Waals surface area contributed by atoms with E-state index in [9.17, 15) is 9.59 Å². The van der Waals surface area contributed by atoms with Crippen LogP contribution < -0.4 is 11.1 Å². The number of hydrogen-bond acceptors (Lipinski definition) is 4. The van der Waals surface area contributed by atoms with Crippen molar-refractivity contribution >= 4 is 11.8 Å². The van der Waals surface area contributed by atoms with Gasteiger partial charge in [-0.2, -0.15) is 0 Å². The second-order valence-electron chi connectivity index (χ2n) is 4.99. The van der Waals surface area contributed by atoms with Crippen LogP contribution in [0.1, 0.15) is 32.6 Å². The smallest absolute Gasteiger partial charge is 0.248 e. The highest BCUT2D eigenvalue weighted by molar-refractivity contribution is 5.81. The highest BCUT2D eigenvalue weighted by atomic mass is 16.5. The molecule has 0 aromatic carbocycles. The lowest BCUT2D eigenvalue weighted by atomic mass is 10.0. The molecule has 1 saturated heterocycles. The fourth-order valence-electron chi connectivity index (χ4n) is 2.24. The summed E-state index contributed by atoms with van der Waals surface area (Å²) in [5.41, 5.74) is 5.77. The topological polar surface area (TPSA) is 84.7 Å². The highest BCUT2D eigenvalue weighted by Crippen LogP contribution is 2.11. The van der Waals surface area contributed by atoms with E-state index < -0.39 is 6.04 Å². The van der Waals surface area contributed by atoms with Crippen LogP contribution in [0.2, 0.25) is 0 Å². The zero-order valence-electron chi connectivity index (χ0n) is 11.9. The normalized spacial score (nSPS) is 18.2. The second kappa shape index (κ2) is 8.12. The first kappa shape index (κ1) is 15.9. The minimum Gasteiger partial charge on any atom is -0.375 e. The van der Waals surface area contributed by atoms with Gasteiger partial charge < -0.3 is 20.7 Å². The van der Waals surface area contributed by atoms with Gasteiger partial charge in [0.05, 0.1) is 6.04 Å². The van der Waals surface area contributed by atoms with Crippen molar-refractivity contribution in [2.24, 2.45) is 5.73 Å². The standard InChI is InChI=1S/C13H25N3O3/c1-3-4-11(14)13(18)15-10-5-7-16(8-6-10)12(17)9-19-2/h10-11H,3-9,14H2,1-2H3,(H,15,18). The molecular formula is C13H25N3O3. The van der Waals surface area contributed by atoms with Crippen molar-refractivity contribution in [2.75, 3.05) is 26.8 Å². The molecule has 0 radical (unpaired) electrons. The van der Waals surface area contributed by atoms with Crippen LogP contribution in [0, 0.1) is 0 Å². The molecule has 6 nitrogen and oxygen atoms in total. The summed E-state index contributed by atoms with van der Waals surface area (Å²) < 4.78 is 4.83. The summed E-state index contributed by atoms with van der Waals surface area (Å²) in [5.74, 6) is -0.0709. The highest BCUT2D eigenvalue weighted by Gasteiger charge is 2.24. The molecular weight excluding hydrogens is 246 g/mol. The number of ether oxygens (including phenoxy) is 1. The van der Waals surface area contributed by atoms with Gasteiger partial charge in [-0.1, -0.05) is 13.3 Å². The van der Waals surface area contributed by atoms with Gasteiger partial charge in [-0.25, -0.2) is 0 Å². The molecule has 19 heavy (non-hydrogen) atoms. The largest absolute Gasteiger partial charge is 0.375 e. The molecule has 0 aliphatic carbocycles. The number of nitrogens with one attached hydrogen (secondary N) is 1. The predicted octanol–water partition coefficient (Wildman–Crippen LogP) is -0.133. The van der Waals surface area contributed by atoms with Gasteiger partial charge in [0.2, 0.25) is 11.8 Å². The fourth-order valence-corrected chi connectivity index (χ4v) is 2.24. The SMILES string of the molecule is CCCC(N)C(=O)NC1CCN(C(=O)COC)CC1. The Hall–Kier alpha value is -1.14. The lowest BCUT2D eigenvalue weighted by Gasteiger charge is -2.32. The summed E-state index contributed by atoms with van der Waals surface area (Å²) in [7, 11) is 1.51. The number of nitrogens with two attached hydrogens (primary N) is 1. The third-order valence-corrected chi connectivity index (χ3v) is 3.40. The summed E-state index contributed by atoms with van der Waals surface area (Å²) in [4.78, 5) is 25.2. The van der Waals surface area contributed by atoms with Crippen LogP contribution >= 0.6 is 0 Å². The zero-order valence-corrected chi connectivity index (χ0v) is 11.9. The molecule has 1 heterocycles. The second-order valence-corrected chi connectivity index (χ2v) is 4.99. The third kappa shape index (κ3) is 5.16. The van der Waals surface area contributed by atoms with E-state index in [2.05, 4.69) is 5.32 Å². The number of carbonyl (C=O) groups excluding carboxylic acids is 2. The molecule has 1 rings (SSSR count). The number of carbonyl (C=O) groups is 2. The van der Waals surface area contributed by atoms with E-state index in [1.54, 1.807) is 4.90 Å². The molecule has 2 amide bonds. The van der Waals surface area contributed by atoms with Gasteiger partial charge in [-0.15, -0.1) is 0 Å². The molecule has 0 saturated carbocycles. The Kier molecular flexibility index (Phi) is 6.80. The van der Waals surface area contributed by atoms with E-state index in [1.807, 2.05) is 6.92 Å². The lowest BCUT2D eigenvalue weighted by Crippen LogP contribution is -2.50. The molecule has 0 aromatic heterocycles. The van der Waals surface area contributed by atoms with Gasteiger partial charge in [-0.05, 0) is 19.3 Å². The first-order valence-electron chi connectivity index (χ1n) is 6.91. The van der Waals surface area contributed by atoms with Gasteiger partial charge in [0.25, 0.3) is 0 Å². The van der Waals surface area contributed by atoms with Crippen molar-refractivity contribution in [1.82, 2.24) is 10.2 Å². The third-order valence-electron chi connectivity index (χ3n) is 3.40. The molecule has 6 heteroatoms. The van der Waals surface area contributed by atoms with E-state index in [1.165, 1.54) is 7.11 Å². The monoisotopic (exact) mass is 271 g/mol. The van der Waals surface area contributed by atoms with Crippen molar-refractivity contribution in [3.63, 3.8) is 0 Å². The average molecular weight is 271 g/mol. The van der Waals surface area contributed by atoms with Gasteiger partial charge in [0, 0.05) is 26.2 Å². The van der Waals surface area contributed by atoms with Crippen molar-refractivity contribution in [1.29, 1.82) is 0 Å². The number of nitrogens with zero attached hydrogens (tertiary/aromatic N) is 1. The Balaban J connectivity index is 2.30. The van der Waals surface area contributed by atoms with Crippen molar-refractivity contribution < 1.29 is 14.3 Å². The molecule has 0 spiro atoms. The summed E-state index contributed by atoms with van der Waals surface area (Å²) in [6.45, 7) is 3.46. The van der Waals surface area contributed by atoms with Gasteiger partial charge >= 0.3 is 0 Å². The van der Waals surface area contributed by atoms with Crippen molar-refractivity contribution in [3.05, 3.63) is 0 Å². The molecule has 1 unspecified atom stereocenters. The Labute approximate surface area is 114 Å². The number of rotatable bonds is 6. The fraction of sp³-hybridized carbons (Fsp3) is 0.846. The van der Waals surface area contributed by atoms with Crippen LogP contribution in [0.5, 0.6) is 0 Å². The summed E-state index contributed by atoms with van der Waals surface area (Å²) in [6.07, 6.45) is 3.16. The number of methoxy groups -OCH3 is 1. The Morgan fingerprint density at radius 1 is 1.42 bits per heavy atom. The van der Waals surface area contributed by atoms with Crippen LogP contribution in [0.25, 0.3) is 0 Å². The minimum absolute atomic E-state index is 0.00922. The number of hydrogen-bond donors (Lipinski definition) is 2. The van der Waals surface area contributed by atoms with Crippen LogP contribution in [0.4, 0.5) is 0 Å². The Morgan fingerprint density at radius 2 is 2.05 bits per heavy atom. The van der Waals surface area contributed by atoms with Crippen molar-refractivity contribution in [3.8, 4) is 0 Å². The van der Waals surface area contributed by atoms with E-state index in [-0.39, 0.29) is 24.5 Å². The Bertz CT molecular complexity index is 302. The van der Waals surface area contributed by atoms with Crippen LogP contribution in [0.15, 0.2) is 0 Å². The predicted molar refractivity (Wildman–Crippen MR) is 72.5 cm³/mol. The molecule has 1 atom stereocenters. The van der Waals surface area contributed by atoms with Crippen LogP contribution in [-0.4, -0.2) is 55.6 Å². The maximum Gasteiger partial charge on any atom is 0.248 e. The van der Waals surface area contributed by atoms with Gasteiger partial charge in [0.1, 0.15) is 6.61 Å². The lowest BCUT2D eigenvalue weighted by molar-refractivity contribution is -0.136.